The number of rotatable bonds is 1. The van der Waals surface area contributed by atoms with Crippen LogP contribution in [-0.4, -0.2) is 45.6 Å². The number of nitrogen functional groups attached to an aromatic ring is 1. The summed E-state index contributed by atoms with van der Waals surface area (Å²) in [6.45, 7) is 4.62. The van der Waals surface area contributed by atoms with Gasteiger partial charge in [0.1, 0.15) is 11.9 Å². The van der Waals surface area contributed by atoms with Gasteiger partial charge in [0.25, 0.3) is 0 Å². The minimum absolute atomic E-state index is 0.0617. The minimum atomic E-state index is -0.0617. The molecule has 0 saturated carbocycles. The first-order chi connectivity index (χ1) is 8.22. The molecule has 17 heavy (non-hydrogen) atoms. The third kappa shape index (κ3) is 2.10. The van der Waals surface area contributed by atoms with Crippen LogP contribution in [0.3, 0.4) is 0 Å². The Morgan fingerprint density at radius 2 is 2.24 bits per heavy atom. The van der Waals surface area contributed by atoms with E-state index in [2.05, 4.69) is 19.9 Å². The minimum Gasteiger partial charge on any atom is -0.368 e. The molecule has 0 spiro atoms. The number of aryl methyl sites for hydroxylation is 1. The van der Waals surface area contributed by atoms with Crippen LogP contribution in [0, 0.1) is 6.92 Å². The van der Waals surface area contributed by atoms with Crippen molar-refractivity contribution in [2.24, 2.45) is 0 Å². The standard InChI is InChI=1S/C11H17N5O/c1-7-13-10(15-11(12)14-7)9-5-16-4-2-3-8(16)6-17-9/h8-9H,2-6H2,1H3,(H2,12,13,14,15). The average molecular weight is 235 g/mol. The number of nitrogens with two attached hydrogens (primary N) is 1. The van der Waals surface area contributed by atoms with Crippen molar-refractivity contribution in [2.75, 3.05) is 25.4 Å². The second-order valence-corrected chi connectivity index (χ2v) is 4.71. The maximum atomic E-state index is 5.84. The number of aromatic nitrogens is 3. The summed E-state index contributed by atoms with van der Waals surface area (Å²) < 4.78 is 5.84. The van der Waals surface area contributed by atoms with E-state index >= 15 is 0 Å². The van der Waals surface area contributed by atoms with Gasteiger partial charge in [0.05, 0.1) is 6.61 Å². The maximum absolute atomic E-state index is 5.84. The van der Waals surface area contributed by atoms with Gasteiger partial charge in [0.2, 0.25) is 5.95 Å². The molecule has 2 saturated heterocycles. The fourth-order valence-corrected chi connectivity index (χ4v) is 2.64. The highest BCUT2D eigenvalue weighted by Crippen LogP contribution is 2.28. The third-order valence-corrected chi connectivity index (χ3v) is 3.46. The highest BCUT2D eigenvalue weighted by atomic mass is 16.5. The fourth-order valence-electron chi connectivity index (χ4n) is 2.64. The molecule has 2 atom stereocenters. The zero-order chi connectivity index (χ0) is 11.8. The Morgan fingerprint density at radius 1 is 1.35 bits per heavy atom. The summed E-state index contributed by atoms with van der Waals surface area (Å²) in [5.41, 5.74) is 5.64. The van der Waals surface area contributed by atoms with Crippen molar-refractivity contribution in [2.45, 2.75) is 31.9 Å². The predicted molar refractivity (Wildman–Crippen MR) is 62.3 cm³/mol. The molecule has 2 unspecified atom stereocenters. The van der Waals surface area contributed by atoms with E-state index in [4.69, 9.17) is 10.5 Å². The second-order valence-electron chi connectivity index (χ2n) is 4.71. The molecule has 0 aromatic carbocycles. The lowest BCUT2D eigenvalue weighted by molar-refractivity contribution is -0.0542. The van der Waals surface area contributed by atoms with E-state index in [9.17, 15) is 0 Å². The van der Waals surface area contributed by atoms with Gasteiger partial charge in [0.15, 0.2) is 5.82 Å². The molecule has 2 aliphatic heterocycles. The van der Waals surface area contributed by atoms with Crippen molar-refractivity contribution in [1.29, 1.82) is 0 Å². The molecule has 2 aliphatic rings. The van der Waals surface area contributed by atoms with E-state index in [1.165, 1.54) is 12.8 Å². The normalized spacial score (nSPS) is 29.2. The smallest absolute Gasteiger partial charge is 0.223 e. The Bertz CT molecular complexity index is 404. The monoisotopic (exact) mass is 235 g/mol. The summed E-state index contributed by atoms with van der Waals surface area (Å²) in [6, 6.07) is 0.589. The van der Waals surface area contributed by atoms with Crippen molar-refractivity contribution >= 4 is 5.95 Å². The molecule has 0 radical (unpaired) electrons. The van der Waals surface area contributed by atoms with Crippen molar-refractivity contribution in [3.05, 3.63) is 11.6 Å². The summed E-state index contributed by atoms with van der Waals surface area (Å²) in [5.74, 6) is 1.60. The Kier molecular flexibility index (Phi) is 2.68. The van der Waals surface area contributed by atoms with E-state index in [0.717, 1.165) is 19.7 Å². The Labute approximate surface area is 100 Å². The van der Waals surface area contributed by atoms with Crippen molar-refractivity contribution < 1.29 is 4.74 Å². The predicted octanol–water partition coefficient (Wildman–Crippen LogP) is 0.298. The lowest BCUT2D eigenvalue weighted by atomic mass is 10.2. The van der Waals surface area contributed by atoms with E-state index in [1.807, 2.05) is 6.92 Å². The lowest BCUT2D eigenvalue weighted by Gasteiger charge is -2.34. The summed E-state index contributed by atoms with van der Waals surface area (Å²) in [7, 11) is 0. The van der Waals surface area contributed by atoms with Gasteiger partial charge >= 0.3 is 0 Å². The van der Waals surface area contributed by atoms with Crippen molar-refractivity contribution in [1.82, 2.24) is 19.9 Å². The molecule has 6 heteroatoms. The summed E-state index contributed by atoms with van der Waals surface area (Å²) in [5, 5.41) is 0. The Hall–Kier alpha value is -1.27. The topological polar surface area (TPSA) is 77.2 Å². The van der Waals surface area contributed by atoms with E-state index in [-0.39, 0.29) is 12.1 Å². The first kappa shape index (κ1) is 10.9. The third-order valence-electron chi connectivity index (χ3n) is 3.46. The SMILES string of the molecule is Cc1nc(N)nc(C2CN3CCCC3CO2)n1. The number of ether oxygens (including phenoxy) is 1. The molecule has 2 fully saturated rings. The molecule has 0 amide bonds. The molecule has 2 N–H and O–H groups in total. The van der Waals surface area contributed by atoms with Crippen LogP contribution in [0.2, 0.25) is 0 Å². The maximum Gasteiger partial charge on any atom is 0.223 e. The van der Waals surface area contributed by atoms with Gasteiger partial charge in [-0.05, 0) is 26.3 Å². The molecular weight excluding hydrogens is 218 g/mol. The second kappa shape index (κ2) is 4.19. The van der Waals surface area contributed by atoms with Gasteiger partial charge in [-0.3, -0.25) is 4.90 Å². The van der Waals surface area contributed by atoms with E-state index in [0.29, 0.717) is 17.7 Å². The van der Waals surface area contributed by atoms with Gasteiger partial charge in [-0.25, -0.2) is 4.98 Å². The van der Waals surface area contributed by atoms with Crippen LogP contribution in [0.15, 0.2) is 0 Å². The fraction of sp³-hybridized carbons (Fsp3) is 0.727. The molecule has 3 heterocycles. The van der Waals surface area contributed by atoms with Crippen LogP contribution in [0.25, 0.3) is 0 Å². The van der Waals surface area contributed by atoms with Crippen LogP contribution >= 0.6 is 0 Å². The molecule has 92 valence electrons. The number of anilines is 1. The molecule has 3 rings (SSSR count). The quantitative estimate of drug-likeness (QED) is 0.754. The molecule has 1 aromatic heterocycles. The summed E-state index contributed by atoms with van der Waals surface area (Å²) >= 11 is 0. The molecule has 1 aromatic rings. The van der Waals surface area contributed by atoms with Crippen LogP contribution in [0.1, 0.15) is 30.6 Å². The van der Waals surface area contributed by atoms with Crippen LogP contribution in [0.5, 0.6) is 0 Å². The van der Waals surface area contributed by atoms with Gasteiger partial charge in [-0.2, -0.15) is 9.97 Å². The largest absolute Gasteiger partial charge is 0.368 e. The number of nitrogens with zero attached hydrogens (tertiary/aromatic N) is 4. The number of hydrogen-bond acceptors (Lipinski definition) is 6. The van der Waals surface area contributed by atoms with E-state index < -0.39 is 0 Å². The first-order valence-electron chi connectivity index (χ1n) is 6.06. The van der Waals surface area contributed by atoms with Crippen molar-refractivity contribution in [3.8, 4) is 0 Å². The van der Waals surface area contributed by atoms with Gasteiger partial charge in [-0.15, -0.1) is 0 Å². The average Bonchev–Trinajstić information content (AvgIpc) is 2.74. The van der Waals surface area contributed by atoms with Gasteiger partial charge in [0, 0.05) is 12.6 Å². The zero-order valence-electron chi connectivity index (χ0n) is 9.96. The highest BCUT2D eigenvalue weighted by Gasteiger charge is 2.34. The van der Waals surface area contributed by atoms with Crippen LogP contribution < -0.4 is 5.73 Å². The summed E-state index contributed by atoms with van der Waals surface area (Å²) in [4.78, 5) is 14.9. The zero-order valence-corrected chi connectivity index (χ0v) is 9.96. The Morgan fingerprint density at radius 3 is 3.06 bits per heavy atom. The molecule has 0 bridgehead atoms. The van der Waals surface area contributed by atoms with Gasteiger partial charge < -0.3 is 10.5 Å². The first-order valence-corrected chi connectivity index (χ1v) is 6.06. The molecule has 6 nitrogen and oxygen atoms in total. The lowest BCUT2D eigenvalue weighted by Crippen LogP contribution is -2.43. The van der Waals surface area contributed by atoms with Crippen molar-refractivity contribution in [3.63, 3.8) is 0 Å². The summed E-state index contributed by atoms with van der Waals surface area (Å²) in [6.07, 6.45) is 2.44. The van der Waals surface area contributed by atoms with Crippen LogP contribution in [-0.2, 0) is 4.74 Å². The molecule has 0 aliphatic carbocycles. The number of morpholine rings is 1. The van der Waals surface area contributed by atoms with Crippen LogP contribution in [0.4, 0.5) is 5.95 Å². The Balaban J connectivity index is 1.80. The number of hydrogen-bond donors (Lipinski definition) is 1. The highest BCUT2D eigenvalue weighted by molar-refractivity contribution is 5.16. The molecular formula is C11H17N5O. The van der Waals surface area contributed by atoms with E-state index in [1.54, 1.807) is 0 Å². The number of fused-ring (bicyclic) bond motifs is 1. The van der Waals surface area contributed by atoms with Gasteiger partial charge in [-0.1, -0.05) is 0 Å².